The van der Waals surface area contributed by atoms with E-state index in [1.807, 2.05) is 4.90 Å². The number of nitrogens with zero attached hydrogens (tertiary/aromatic N) is 2. The summed E-state index contributed by atoms with van der Waals surface area (Å²) in [6, 6.07) is 2.54. The molecule has 1 amide bonds. The lowest BCUT2D eigenvalue weighted by Gasteiger charge is -2.34. The van der Waals surface area contributed by atoms with Gasteiger partial charge in [-0.05, 0) is 13.3 Å². The molecule has 0 aliphatic carbocycles. The van der Waals surface area contributed by atoms with E-state index in [4.69, 9.17) is 9.47 Å². The second-order valence-electron chi connectivity index (χ2n) is 7.02. The molecule has 0 unspecified atom stereocenters. The zero-order valence-electron chi connectivity index (χ0n) is 15.0. The maximum atomic E-state index is 14.8. The van der Waals surface area contributed by atoms with Crippen molar-refractivity contribution in [2.45, 2.75) is 31.9 Å². The average molecular weight is 396 g/mol. The minimum Gasteiger partial charge on any atom is -0.489 e. The first-order valence-electron chi connectivity index (χ1n) is 8.99. The van der Waals surface area contributed by atoms with Gasteiger partial charge in [-0.15, -0.1) is 0 Å². The number of benzene rings is 1. The number of carbonyl (C=O) groups is 2. The van der Waals surface area contributed by atoms with Crippen molar-refractivity contribution in [3.63, 3.8) is 0 Å². The number of amides is 1. The molecule has 146 valence electrons. The van der Waals surface area contributed by atoms with Gasteiger partial charge in [0, 0.05) is 53.9 Å². The van der Waals surface area contributed by atoms with E-state index in [0.717, 1.165) is 0 Å². The molecule has 0 N–H and O–H groups in total. The molecule has 0 bridgehead atoms. The first-order chi connectivity index (χ1) is 12.9. The minimum atomic E-state index is -0.850. The number of ether oxygens (including phenoxy) is 2. The third-order valence-corrected chi connectivity index (χ3v) is 6.48. The van der Waals surface area contributed by atoms with Gasteiger partial charge in [0.05, 0.1) is 11.4 Å². The van der Waals surface area contributed by atoms with Crippen molar-refractivity contribution in [3.05, 3.63) is 17.9 Å². The van der Waals surface area contributed by atoms with Crippen molar-refractivity contribution < 1.29 is 27.7 Å². The predicted molar refractivity (Wildman–Crippen MR) is 98.4 cm³/mol. The summed E-state index contributed by atoms with van der Waals surface area (Å²) in [6.07, 6.45) is -0.251. The van der Waals surface area contributed by atoms with E-state index in [1.54, 1.807) is 6.07 Å². The van der Waals surface area contributed by atoms with Crippen molar-refractivity contribution in [3.8, 4) is 5.75 Å². The summed E-state index contributed by atoms with van der Waals surface area (Å²) in [6.45, 7) is 2.76. The maximum Gasteiger partial charge on any atom is 0.415 e. The molecule has 27 heavy (non-hydrogen) atoms. The van der Waals surface area contributed by atoms with E-state index < -0.39 is 28.8 Å². The number of fused-ring (bicyclic) bond motifs is 3. The lowest BCUT2D eigenvalue weighted by atomic mass is 10.0. The lowest BCUT2D eigenvalue weighted by molar-refractivity contribution is -0.117. The normalized spacial score (nSPS) is 24.9. The molecule has 0 spiro atoms. The molecule has 7 nitrogen and oxygen atoms in total. The first kappa shape index (κ1) is 18.2. The van der Waals surface area contributed by atoms with Crippen LogP contribution in [0.5, 0.6) is 5.75 Å². The third kappa shape index (κ3) is 3.40. The molecule has 9 heteroatoms. The second kappa shape index (κ2) is 7.10. The minimum absolute atomic E-state index is 0.0276. The van der Waals surface area contributed by atoms with Crippen LogP contribution in [0.1, 0.15) is 19.8 Å². The summed E-state index contributed by atoms with van der Waals surface area (Å²) in [4.78, 5) is 26.9. The number of hydrogen-bond acceptors (Lipinski definition) is 6. The van der Waals surface area contributed by atoms with Crippen LogP contribution in [-0.2, 0) is 20.3 Å². The van der Waals surface area contributed by atoms with Gasteiger partial charge in [0.25, 0.3) is 0 Å². The number of halogens is 1. The number of anilines is 2. The van der Waals surface area contributed by atoms with E-state index >= 15 is 0 Å². The van der Waals surface area contributed by atoms with Gasteiger partial charge in [-0.3, -0.25) is 9.11 Å². The van der Waals surface area contributed by atoms with Crippen molar-refractivity contribution >= 4 is 34.1 Å². The van der Waals surface area contributed by atoms with Crippen molar-refractivity contribution in [1.82, 2.24) is 0 Å². The van der Waals surface area contributed by atoms with E-state index in [1.165, 1.54) is 17.9 Å². The summed E-state index contributed by atoms with van der Waals surface area (Å²) in [5.41, 5.74) is 0.744. The van der Waals surface area contributed by atoms with Gasteiger partial charge in [0.1, 0.15) is 36.1 Å². The van der Waals surface area contributed by atoms with E-state index in [0.29, 0.717) is 54.6 Å². The fraction of sp³-hybridized carbons (Fsp3) is 0.556. The Kier molecular flexibility index (Phi) is 4.79. The second-order valence-corrected chi connectivity index (χ2v) is 8.71. The van der Waals surface area contributed by atoms with Gasteiger partial charge in [0.15, 0.2) is 0 Å². The number of hydrogen-bond donors (Lipinski definition) is 0. The molecule has 4 rings (SSSR count). The topological polar surface area (TPSA) is 76.2 Å². The van der Waals surface area contributed by atoms with Crippen molar-refractivity contribution in [2.75, 3.05) is 41.0 Å². The molecule has 1 aromatic carbocycles. The molecule has 1 aromatic rings. The monoisotopic (exact) mass is 396 g/mol. The molecule has 3 aliphatic heterocycles. The molecule has 2 fully saturated rings. The van der Waals surface area contributed by atoms with Crippen LogP contribution in [0.3, 0.4) is 0 Å². The van der Waals surface area contributed by atoms with Crippen LogP contribution in [0.15, 0.2) is 12.1 Å². The zero-order valence-corrected chi connectivity index (χ0v) is 15.8. The fourth-order valence-corrected chi connectivity index (χ4v) is 4.81. The number of cyclic esters (lactones) is 1. The number of rotatable bonds is 4. The Balaban J connectivity index is 1.59. The summed E-state index contributed by atoms with van der Waals surface area (Å²) in [5, 5.41) is 0. The van der Waals surface area contributed by atoms with Gasteiger partial charge in [-0.1, -0.05) is 0 Å². The fourth-order valence-electron chi connectivity index (χ4n) is 3.75. The molecule has 3 heterocycles. The van der Waals surface area contributed by atoms with Crippen molar-refractivity contribution in [2.24, 2.45) is 0 Å². The van der Waals surface area contributed by atoms with Crippen molar-refractivity contribution in [1.29, 1.82) is 0 Å². The van der Waals surface area contributed by atoms with Gasteiger partial charge in [-0.25, -0.2) is 9.18 Å². The predicted octanol–water partition coefficient (Wildman–Crippen LogP) is 1.85. The van der Waals surface area contributed by atoms with Crippen LogP contribution < -0.4 is 14.5 Å². The number of ketones is 1. The Morgan fingerprint density at radius 3 is 2.74 bits per heavy atom. The first-order valence-corrected chi connectivity index (χ1v) is 10.5. The Morgan fingerprint density at radius 2 is 2.04 bits per heavy atom. The summed E-state index contributed by atoms with van der Waals surface area (Å²) in [5.74, 6) is 1.02. The number of carbonyl (C=O) groups excluding carboxylic acids is 2. The standard InChI is InChI=1S/C18H21FN2O5S/c1-11(22)2-3-16-15-10-25-17-9-13(20-4-6-27(24)7-5-20)12(19)8-14(17)21(15)18(23)26-16/h8-9,15-16H,2-7,10H2,1H3/t15-,16-/m0/s1. The largest absolute Gasteiger partial charge is 0.489 e. The molecule has 2 atom stereocenters. The SMILES string of the molecule is CC(=O)CC[C@@H]1OC(=O)N2c3cc(F)c(N4CCS(=O)CC4)cc3OC[C@@H]12. The third-order valence-electron chi connectivity index (χ3n) is 5.21. The lowest BCUT2D eigenvalue weighted by Crippen LogP contribution is -2.45. The average Bonchev–Trinajstić information content (AvgIpc) is 2.96. The highest BCUT2D eigenvalue weighted by molar-refractivity contribution is 7.85. The molecular weight excluding hydrogens is 375 g/mol. The number of Topliss-reactive ketones (excluding diaryl/α,β-unsaturated/α-hetero) is 1. The summed E-state index contributed by atoms with van der Waals surface area (Å²) < 4.78 is 37.5. The molecule has 0 aromatic heterocycles. The molecule has 0 saturated carbocycles. The Labute approximate surface area is 158 Å². The highest BCUT2D eigenvalue weighted by Crippen LogP contribution is 2.42. The molecule has 0 radical (unpaired) electrons. The van der Waals surface area contributed by atoms with Crippen LogP contribution in [0.2, 0.25) is 0 Å². The van der Waals surface area contributed by atoms with Crippen LogP contribution in [0, 0.1) is 5.82 Å². The van der Waals surface area contributed by atoms with E-state index in [2.05, 4.69) is 0 Å². The summed E-state index contributed by atoms with van der Waals surface area (Å²) in [7, 11) is -0.850. The van der Waals surface area contributed by atoms with Crippen LogP contribution in [-0.4, -0.2) is 59.4 Å². The molecular formula is C18H21FN2O5S. The highest BCUT2D eigenvalue weighted by Gasteiger charge is 2.46. The van der Waals surface area contributed by atoms with Gasteiger partial charge in [-0.2, -0.15) is 0 Å². The van der Waals surface area contributed by atoms with E-state index in [-0.39, 0.29) is 18.4 Å². The maximum absolute atomic E-state index is 14.8. The summed E-state index contributed by atoms with van der Waals surface area (Å²) >= 11 is 0. The van der Waals surface area contributed by atoms with Gasteiger partial charge in [0.2, 0.25) is 0 Å². The highest BCUT2D eigenvalue weighted by atomic mass is 32.2. The Bertz CT molecular complexity index is 807. The van der Waals surface area contributed by atoms with Crippen LogP contribution in [0.25, 0.3) is 0 Å². The van der Waals surface area contributed by atoms with Gasteiger partial charge < -0.3 is 19.2 Å². The Morgan fingerprint density at radius 1 is 1.30 bits per heavy atom. The smallest absolute Gasteiger partial charge is 0.415 e. The van der Waals surface area contributed by atoms with Gasteiger partial charge >= 0.3 is 6.09 Å². The van der Waals surface area contributed by atoms with Crippen LogP contribution in [0.4, 0.5) is 20.6 Å². The zero-order chi connectivity index (χ0) is 19.1. The molecule has 3 aliphatic rings. The quantitative estimate of drug-likeness (QED) is 0.773. The van der Waals surface area contributed by atoms with Crippen LogP contribution >= 0.6 is 0 Å². The Hall–Kier alpha value is -2.16. The van der Waals surface area contributed by atoms with E-state index in [9.17, 15) is 18.2 Å². The molecule has 2 saturated heterocycles.